The molecule has 1 saturated heterocycles. The quantitative estimate of drug-likeness (QED) is 0.118. The van der Waals surface area contributed by atoms with Gasteiger partial charge in [-0.3, -0.25) is 18.9 Å². The van der Waals surface area contributed by atoms with Crippen molar-refractivity contribution in [3.63, 3.8) is 0 Å². The highest BCUT2D eigenvalue weighted by atomic mass is 31.3. The number of nitrogens with zero attached hydrogens (tertiary/aromatic N) is 4. The first kappa shape index (κ1) is 24.6. The molecule has 6 N–H and O–H groups in total. The number of aromatic amines is 1. The molecule has 0 saturated carbocycles. The van der Waals surface area contributed by atoms with Crippen LogP contribution in [0.2, 0.25) is 0 Å². The smallest absolute Gasteiger partial charge is 0.328 e. The van der Waals surface area contributed by atoms with Gasteiger partial charge in [-0.15, -0.1) is 4.86 Å². The number of ether oxygens (including phenoxy) is 1. The Morgan fingerprint density at radius 1 is 1.33 bits per heavy atom. The molecule has 0 amide bonds. The molecule has 30 heavy (non-hydrogen) atoms. The van der Waals surface area contributed by atoms with Gasteiger partial charge in [0.2, 0.25) is 0 Å². The Kier molecular flexibility index (Phi) is 7.26. The maximum absolute atomic E-state index is 12.0. The van der Waals surface area contributed by atoms with Gasteiger partial charge in [0, 0.05) is 23.1 Å². The van der Waals surface area contributed by atoms with Gasteiger partial charge in [0.05, 0.1) is 6.04 Å². The van der Waals surface area contributed by atoms with Crippen LogP contribution in [0.3, 0.4) is 0 Å². The number of rotatable bonds is 8. The van der Waals surface area contributed by atoms with E-state index in [4.69, 9.17) is 20.1 Å². The zero-order chi connectivity index (χ0) is 22.9. The average Bonchev–Trinajstić information content (AvgIpc) is 2.89. The molecule has 0 aromatic carbocycles. The van der Waals surface area contributed by atoms with Crippen LogP contribution in [0.4, 0.5) is 0 Å². The Morgan fingerprint density at radius 2 is 1.97 bits per heavy atom. The second kappa shape index (κ2) is 8.85. The summed E-state index contributed by atoms with van der Waals surface area (Å²) in [5.74, 6) is 0. The van der Waals surface area contributed by atoms with E-state index in [-0.39, 0.29) is 12.0 Å². The Labute approximate surface area is 165 Å². The molecule has 1 aromatic rings. The highest BCUT2D eigenvalue weighted by Gasteiger charge is 2.45. The summed E-state index contributed by atoms with van der Waals surface area (Å²) < 4.78 is 48.8. The predicted molar refractivity (Wildman–Crippen MR) is 94.5 cm³/mol. The Morgan fingerprint density at radius 3 is 2.53 bits per heavy atom. The predicted octanol–water partition coefficient (Wildman–Crippen LogP) is -0.315. The summed E-state index contributed by atoms with van der Waals surface area (Å²) >= 11 is 0. The molecule has 2 rings (SSSR count). The molecule has 2 heterocycles. The lowest BCUT2D eigenvalue weighted by Crippen LogP contribution is -2.33. The summed E-state index contributed by atoms with van der Waals surface area (Å²) in [5.41, 5.74) is 7.17. The number of H-pyrrole nitrogens is 1. The maximum Gasteiger partial charge on any atom is 0.482 e. The summed E-state index contributed by atoms with van der Waals surface area (Å²) in [6.45, 7) is 1.38. The van der Waals surface area contributed by atoms with E-state index in [0.29, 0.717) is 0 Å². The largest absolute Gasteiger partial charge is 0.482 e. The fourth-order valence-electron chi connectivity index (χ4n) is 2.33. The number of aryl methyl sites for hydroxylation is 1. The van der Waals surface area contributed by atoms with Crippen molar-refractivity contribution in [3.8, 4) is 0 Å². The van der Waals surface area contributed by atoms with Crippen LogP contribution < -0.4 is 16.1 Å². The molecule has 3 unspecified atom stereocenters. The van der Waals surface area contributed by atoms with Crippen LogP contribution in [0, 0.1) is 6.92 Å². The van der Waals surface area contributed by atoms with Crippen molar-refractivity contribution in [1.82, 2.24) is 14.4 Å². The van der Waals surface area contributed by atoms with Crippen molar-refractivity contribution < 1.29 is 46.8 Å². The molecule has 1 fully saturated rings. The SMILES string of the molecule is Cc1cn([C@H]2CC(N=[N+]=[N-])[C@@H](OP(=O)(O)OP(=O)(O)NP(=O)(O)O)O2)c(=O)[nH]c1=O. The van der Waals surface area contributed by atoms with E-state index in [9.17, 15) is 33.1 Å². The van der Waals surface area contributed by atoms with Crippen LogP contribution in [0.1, 0.15) is 18.2 Å². The molecule has 21 heteroatoms. The molecule has 0 spiro atoms. The normalized spacial score (nSPS) is 25.8. The minimum atomic E-state index is -5.53. The minimum absolute atomic E-state index is 0.115. The summed E-state index contributed by atoms with van der Waals surface area (Å²) in [7, 11) is -16.4. The van der Waals surface area contributed by atoms with E-state index in [1.165, 1.54) is 6.92 Å². The third kappa shape index (κ3) is 6.68. The molecular weight excluding hydrogens is 477 g/mol. The van der Waals surface area contributed by atoms with E-state index in [2.05, 4.69) is 18.9 Å². The highest BCUT2D eigenvalue weighted by Crippen LogP contribution is 2.62. The van der Waals surface area contributed by atoms with E-state index >= 15 is 0 Å². The number of phosphoric ester groups is 1. The summed E-state index contributed by atoms with van der Waals surface area (Å²) in [5, 5.41) is 3.27. The van der Waals surface area contributed by atoms with Crippen molar-refractivity contribution >= 4 is 23.3 Å². The molecule has 5 atom stereocenters. The lowest BCUT2D eigenvalue weighted by molar-refractivity contribution is -0.111. The van der Waals surface area contributed by atoms with Gasteiger partial charge in [-0.2, -0.15) is 4.31 Å². The van der Waals surface area contributed by atoms with Gasteiger partial charge < -0.3 is 24.3 Å². The molecule has 168 valence electrons. The number of phosphoric acid groups is 1. The standard InChI is InChI=1S/C9H15N6O12P3/c1-4-3-15(9(17)11-7(4)16)6-2-5(12-13-10)8(25-6)26-30(23,24)27-29(21,22)14-28(18,19)20/h3,5-6,8H,2H2,1H3,(H,23,24)(H,11,16,17)(H4,14,18,19,20,21,22)/t5?,6-,8-/m1/s1. The van der Waals surface area contributed by atoms with Gasteiger partial charge in [0.1, 0.15) is 6.23 Å². The number of azide groups is 1. The van der Waals surface area contributed by atoms with Crippen molar-refractivity contribution in [1.29, 1.82) is 0 Å². The van der Waals surface area contributed by atoms with E-state index in [0.717, 1.165) is 15.6 Å². The third-order valence-electron chi connectivity index (χ3n) is 3.41. The molecule has 18 nitrogen and oxygen atoms in total. The zero-order valence-electron chi connectivity index (χ0n) is 14.7. The van der Waals surface area contributed by atoms with Gasteiger partial charge in [-0.25, -0.2) is 18.5 Å². The molecule has 0 aliphatic carbocycles. The van der Waals surface area contributed by atoms with Gasteiger partial charge in [0.15, 0.2) is 6.29 Å². The number of hydrogen-bond acceptors (Lipinski definition) is 9. The molecule has 1 aliphatic rings. The molecule has 0 bridgehead atoms. The first-order valence-corrected chi connectivity index (χ1v) is 12.2. The Hall–Kier alpha value is -1.64. The number of aromatic nitrogens is 2. The Bertz CT molecular complexity index is 1120. The number of hydrogen-bond donors (Lipinski definition) is 6. The minimum Gasteiger partial charge on any atom is -0.328 e. The lowest BCUT2D eigenvalue weighted by atomic mass is 10.2. The van der Waals surface area contributed by atoms with Crippen LogP contribution in [0.15, 0.2) is 20.9 Å². The molecule has 0 radical (unpaired) electrons. The molecule has 1 aliphatic heterocycles. The molecule has 1 aromatic heterocycles. The summed E-state index contributed by atoms with van der Waals surface area (Å²) in [6.07, 6.45) is -2.29. The van der Waals surface area contributed by atoms with Crippen LogP contribution in [0.5, 0.6) is 0 Å². The Balaban J connectivity index is 2.24. The highest BCUT2D eigenvalue weighted by molar-refractivity contribution is 7.70. The van der Waals surface area contributed by atoms with Gasteiger partial charge in [-0.1, -0.05) is 5.11 Å². The van der Waals surface area contributed by atoms with Gasteiger partial charge >= 0.3 is 29.0 Å². The van der Waals surface area contributed by atoms with E-state index < -0.39 is 53.1 Å². The van der Waals surface area contributed by atoms with Crippen molar-refractivity contribution in [2.45, 2.75) is 31.9 Å². The lowest BCUT2D eigenvalue weighted by Gasteiger charge is -2.21. The summed E-state index contributed by atoms with van der Waals surface area (Å²) in [6, 6.07) is -1.34. The molecular formula is C9H15N6O12P3. The van der Waals surface area contributed by atoms with Crippen molar-refractivity contribution in [2.24, 2.45) is 5.11 Å². The second-order valence-corrected chi connectivity index (χ2v) is 10.5. The zero-order valence-corrected chi connectivity index (χ0v) is 17.4. The topological polar surface area (TPSA) is 275 Å². The van der Waals surface area contributed by atoms with Crippen molar-refractivity contribution in [2.75, 3.05) is 0 Å². The first-order valence-electron chi connectivity index (χ1n) is 7.54. The van der Waals surface area contributed by atoms with Crippen LogP contribution in [-0.2, 0) is 27.3 Å². The maximum atomic E-state index is 12.0. The monoisotopic (exact) mass is 492 g/mol. The van der Waals surface area contributed by atoms with Crippen LogP contribution >= 0.6 is 23.3 Å². The first-order chi connectivity index (χ1) is 13.6. The van der Waals surface area contributed by atoms with Crippen molar-refractivity contribution in [3.05, 3.63) is 43.0 Å². The number of nitrogens with one attached hydrogen (secondary N) is 2. The van der Waals surface area contributed by atoms with E-state index in [1.807, 2.05) is 4.98 Å². The third-order valence-corrected chi connectivity index (χ3v) is 7.65. The van der Waals surface area contributed by atoms with Gasteiger partial charge in [0.25, 0.3) is 5.56 Å². The average molecular weight is 492 g/mol. The van der Waals surface area contributed by atoms with Gasteiger partial charge in [-0.05, 0) is 12.5 Å². The second-order valence-electron chi connectivity index (χ2n) is 5.77. The van der Waals surface area contributed by atoms with Crippen LogP contribution in [0.25, 0.3) is 10.4 Å². The van der Waals surface area contributed by atoms with E-state index in [1.54, 1.807) is 0 Å². The summed E-state index contributed by atoms with van der Waals surface area (Å²) in [4.78, 5) is 64.8. The van der Waals surface area contributed by atoms with Crippen LogP contribution in [-0.4, -0.2) is 41.5 Å². The fourth-order valence-corrected chi connectivity index (χ4v) is 5.85. The fraction of sp³-hybridized carbons (Fsp3) is 0.556.